The lowest BCUT2D eigenvalue weighted by atomic mass is 10.0. The van der Waals surface area contributed by atoms with Crippen molar-refractivity contribution in [3.05, 3.63) is 47.5 Å². The first-order valence-corrected chi connectivity index (χ1v) is 11.2. The lowest BCUT2D eigenvalue weighted by Gasteiger charge is -2.30. The van der Waals surface area contributed by atoms with Gasteiger partial charge in [-0.15, -0.1) is 0 Å². The lowest BCUT2D eigenvalue weighted by Crippen LogP contribution is -2.44. The first-order valence-electron chi connectivity index (χ1n) is 9.29. The summed E-state index contributed by atoms with van der Waals surface area (Å²) in [7, 11) is -2.65. The van der Waals surface area contributed by atoms with Gasteiger partial charge in [0.15, 0.2) is 5.11 Å². The fourth-order valence-corrected chi connectivity index (χ4v) is 4.84. The fourth-order valence-electron chi connectivity index (χ4n) is 3.55. The molecule has 0 unspecified atom stereocenters. The highest BCUT2D eigenvalue weighted by atomic mass is 32.2. The minimum Gasteiger partial charge on any atom is -0.387 e. The number of anilines is 3. The zero-order valence-electron chi connectivity index (χ0n) is 17.6. The molecule has 1 aliphatic rings. The van der Waals surface area contributed by atoms with Crippen molar-refractivity contribution in [2.75, 3.05) is 22.2 Å². The Kier molecular flexibility index (Phi) is 5.91. The Balaban J connectivity index is 2.17. The summed E-state index contributed by atoms with van der Waals surface area (Å²) in [5, 5.41) is 16.9. The van der Waals surface area contributed by atoms with Gasteiger partial charge in [0.2, 0.25) is 10.0 Å². The van der Waals surface area contributed by atoms with Crippen molar-refractivity contribution < 1.29 is 26.4 Å². The molecule has 33 heavy (non-hydrogen) atoms. The van der Waals surface area contributed by atoms with Crippen LogP contribution in [0.5, 0.6) is 0 Å². The van der Waals surface area contributed by atoms with Crippen LogP contribution in [0.4, 0.5) is 30.2 Å². The smallest absolute Gasteiger partial charge is 0.387 e. The molecule has 1 aliphatic heterocycles. The molecule has 0 spiro atoms. The number of alkyl halides is 3. The van der Waals surface area contributed by atoms with Crippen molar-refractivity contribution >= 4 is 50.3 Å². The van der Waals surface area contributed by atoms with Crippen LogP contribution in [0.3, 0.4) is 0 Å². The zero-order chi connectivity index (χ0) is 24.9. The van der Waals surface area contributed by atoms with Crippen LogP contribution in [0.15, 0.2) is 41.3 Å². The van der Waals surface area contributed by atoms with E-state index in [1.54, 1.807) is 0 Å². The van der Waals surface area contributed by atoms with Crippen LogP contribution in [0.1, 0.15) is 25.0 Å². The molecule has 3 rings (SSSR count). The van der Waals surface area contributed by atoms with Crippen LogP contribution < -0.4 is 20.3 Å². The van der Waals surface area contributed by atoms with Gasteiger partial charge in [-0.3, -0.25) is 9.69 Å². The number of benzene rings is 2. The van der Waals surface area contributed by atoms with Crippen LogP contribution in [-0.2, 0) is 21.0 Å². The van der Waals surface area contributed by atoms with E-state index in [1.807, 2.05) is 0 Å². The van der Waals surface area contributed by atoms with Crippen molar-refractivity contribution in [1.82, 2.24) is 0 Å². The number of carbonyl (C=O) groups excluding carboxylic acids is 1. The van der Waals surface area contributed by atoms with E-state index in [9.17, 15) is 26.4 Å². The van der Waals surface area contributed by atoms with Gasteiger partial charge >= 0.3 is 6.18 Å². The van der Waals surface area contributed by atoms with Crippen LogP contribution in [0, 0.1) is 11.3 Å². The molecule has 0 aromatic heterocycles. The van der Waals surface area contributed by atoms with E-state index in [-0.39, 0.29) is 27.1 Å². The third kappa shape index (κ3) is 4.12. The van der Waals surface area contributed by atoms with Gasteiger partial charge in [0.05, 0.1) is 28.6 Å². The highest BCUT2D eigenvalue weighted by Gasteiger charge is 2.51. The SMILES string of the molecule is CNc1ccc(N2C(=S)N(c3ccc(C#N)c(C(F)(F)F)c3)C(=O)C2(C)C)cc1S(N)(=O)=O. The number of amides is 1. The Hall–Kier alpha value is -3.21. The monoisotopic (exact) mass is 497 g/mol. The molecule has 174 valence electrons. The predicted octanol–water partition coefficient (Wildman–Crippen LogP) is 3.18. The Morgan fingerprint density at radius 2 is 1.76 bits per heavy atom. The first-order chi connectivity index (χ1) is 15.1. The van der Waals surface area contributed by atoms with Crippen molar-refractivity contribution in [2.24, 2.45) is 5.14 Å². The molecule has 8 nitrogen and oxygen atoms in total. The molecule has 2 aromatic rings. The fraction of sp³-hybridized carbons (Fsp3) is 0.250. The lowest BCUT2D eigenvalue weighted by molar-refractivity contribution is -0.137. The van der Waals surface area contributed by atoms with Gasteiger partial charge in [-0.05, 0) is 62.5 Å². The summed E-state index contributed by atoms with van der Waals surface area (Å²) in [5.41, 5.74) is -2.93. The number of thiocarbonyl (C=S) groups is 1. The van der Waals surface area contributed by atoms with E-state index in [0.29, 0.717) is 6.07 Å². The molecule has 0 aliphatic carbocycles. The molecule has 13 heteroatoms. The number of halogens is 3. The molecule has 1 fully saturated rings. The van der Waals surface area contributed by atoms with Gasteiger partial charge in [-0.1, -0.05) is 0 Å². The molecule has 0 saturated carbocycles. The van der Waals surface area contributed by atoms with Gasteiger partial charge in [0.25, 0.3) is 5.91 Å². The van der Waals surface area contributed by atoms with E-state index >= 15 is 0 Å². The van der Waals surface area contributed by atoms with E-state index in [2.05, 4.69) is 5.32 Å². The van der Waals surface area contributed by atoms with Crippen LogP contribution in [0.25, 0.3) is 0 Å². The third-order valence-corrected chi connectivity index (χ3v) is 6.47. The number of sulfonamides is 1. The van der Waals surface area contributed by atoms with Crippen molar-refractivity contribution in [3.8, 4) is 6.07 Å². The first kappa shape index (κ1) is 24.4. The van der Waals surface area contributed by atoms with E-state index in [4.69, 9.17) is 22.6 Å². The molecule has 1 saturated heterocycles. The molecule has 2 aromatic carbocycles. The molecule has 1 amide bonds. The van der Waals surface area contributed by atoms with Crippen molar-refractivity contribution in [2.45, 2.75) is 30.5 Å². The van der Waals surface area contributed by atoms with Gasteiger partial charge in [0.1, 0.15) is 10.4 Å². The second-order valence-electron chi connectivity index (χ2n) is 7.63. The minimum atomic E-state index is -4.83. The summed E-state index contributed by atoms with van der Waals surface area (Å²) in [6, 6.07) is 8.49. The normalized spacial score (nSPS) is 16.2. The maximum Gasteiger partial charge on any atom is 0.417 e. The highest BCUT2D eigenvalue weighted by Crippen LogP contribution is 2.40. The summed E-state index contributed by atoms with van der Waals surface area (Å²) in [5.74, 6) is -0.639. The number of primary sulfonamides is 1. The summed E-state index contributed by atoms with van der Waals surface area (Å²) >= 11 is 5.44. The average molecular weight is 498 g/mol. The molecule has 0 radical (unpaired) electrons. The zero-order valence-corrected chi connectivity index (χ0v) is 19.2. The number of carbonyl (C=O) groups is 1. The Labute approximate surface area is 193 Å². The average Bonchev–Trinajstić information content (AvgIpc) is 2.89. The second-order valence-corrected chi connectivity index (χ2v) is 9.53. The molecular formula is C20H18F3N5O3S2. The molecular weight excluding hydrogens is 479 g/mol. The van der Waals surface area contributed by atoms with Crippen molar-refractivity contribution in [1.29, 1.82) is 5.26 Å². The number of nitrogens with one attached hydrogen (secondary N) is 1. The Bertz CT molecular complexity index is 1320. The number of rotatable bonds is 4. The summed E-state index contributed by atoms with van der Waals surface area (Å²) in [4.78, 5) is 15.3. The maximum absolute atomic E-state index is 13.4. The van der Waals surface area contributed by atoms with Crippen molar-refractivity contribution in [3.63, 3.8) is 0 Å². The summed E-state index contributed by atoms with van der Waals surface area (Å²) in [6.07, 6.45) is -4.83. The number of nitriles is 1. The summed E-state index contributed by atoms with van der Waals surface area (Å²) < 4.78 is 64.4. The topological polar surface area (TPSA) is 120 Å². The minimum absolute atomic E-state index is 0.166. The van der Waals surface area contributed by atoms with E-state index in [0.717, 1.165) is 11.0 Å². The molecule has 0 bridgehead atoms. The molecule has 3 N–H and O–H groups in total. The standard InChI is InChI=1S/C20H18F3N5O3S2/c1-19(2)17(29)27(12-5-4-11(10-24)14(8-12)20(21,22)23)18(32)28(19)13-6-7-15(26-3)16(9-13)33(25,30)31/h4-9,26H,1-3H3,(H2,25,30,31). The largest absolute Gasteiger partial charge is 0.417 e. The maximum atomic E-state index is 13.4. The van der Waals surface area contributed by atoms with Gasteiger partial charge in [-0.25, -0.2) is 13.6 Å². The van der Waals surface area contributed by atoms with Crippen LogP contribution in [-0.4, -0.2) is 32.0 Å². The van der Waals surface area contributed by atoms with Crippen LogP contribution in [0.2, 0.25) is 0 Å². The molecule has 0 atom stereocenters. The number of hydrogen-bond donors (Lipinski definition) is 2. The number of hydrogen-bond acceptors (Lipinski definition) is 6. The highest BCUT2D eigenvalue weighted by molar-refractivity contribution is 7.89. The van der Waals surface area contributed by atoms with Crippen LogP contribution >= 0.6 is 12.2 Å². The summed E-state index contributed by atoms with van der Waals surface area (Å²) in [6.45, 7) is 3.00. The predicted molar refractivity (Wildman–Crippen MR) is 120 cm³/mol. The number of nitrogens with zero attached hydrogens (tertiary/aromatic N) is 3. The van der Waals surface area contributed by atoms with E-state index < -0.39 is 38.8 Å². The Morgan fingerprint density at radius 3 is 2.27 bits per heavy atom. The number of nitrogens with two attached hydrogens (primary N) is 1. The van der Waals surface area contributed by atoms with Gasteiger partial charge in [0, 0.05) is 12.7 Å². The third-order valence-electron chi connectivity index (χ3n) is 5.15. The quantitative estimate of drug-likeness (QED) is 0.623. The van der Waals surface area contributed by atoms with Gasteiger partial charge in [-0.2, -0.15) is 18.4 Å². The Morgan fingerprint density at radius 1 is 1.15 bits per heavy atom. The van der Waals surface area contributed by atoms with E-state index in [1.165, 1.54) is 56.1 Å². The van der Waals surface area contributed by atoms with Gasteiger partial charge < -0.3 is 10.2 Å². The molecule has 1 heterocycles. The second kappa shape index (κ2) is 7.98.